The molecule has 5 atom stereocenters. The van der Waals surface area contributed by atoms with Crippen molar-refractivity contribution in [2.75, 3.05) is 12.4 Å². The number of amides is 4. The van der Waals surface area contributed by atoms with Crippen molar-refractivity contribution in [2.24, 2.45) is 17.8 Å². The molecule has 0 spiro atoms. The zero-order valence-corrected chi connectivity index (χ0v) is 27.4. The molecule has 0 aliphatic heterocycles. The summed E-state index contributed by atoms with van der Waals surface area (Å²) >= 11 is 2.86. The molecule has 2 bridgehead atoms. The molecule has 12 nitrogen and oxygen atoms in total. The summed E-state index contributed by atoms with van der Waals surface area (Å²) in [6.45, 7) is 1.82. The third kappa shape index (κ3) is 8.60. The van der Waals surface area contributed by atoms with E-state index in [-0.39, 0.29) is 35.5 Å². The minimum atomic E-state index is -4.82. The second-order valence-corrected chi connectivity index (χ2v) is 13.4. The van der Waals surface area contributed by atoms with Crippen molar-refractivity contribution in [1.29, 1.82) is 0 Å². The van der Waals surface area contributed by atoms with E-state index < -0.39 is 68.6 Å². The first kappa shape index (κ1) is 35.3. The molecular formula is C29H34BrF3N6O6S. The molecule has 4 unspecified atom stereocenters. The average molecular weight is 732 g/mol. The molecule has 4 N–H and O–H groups in total. The number of nitrogens with one attached hydrogen (secondary N) is 4. The Morgan fingerprint density at radius 3 is 2.59 bits per heavy atom. The van der Waals surface area contributed by atoms with Gasteiger partial charge in [0.25, 0.3) is 17.4 Å². The molecule has 17 heteroatoms. The predicted molar refractivity (Wildman–Crippen MR) is 165 cm³/mol. The van der Waals surface area contributed by atoms with E-state index in [1.54, 1.807) is 0 Å². The Bertz CT molecular complexity index is 1560. The maximum absolute atomic E-state index is 13.3. The fourth-order valence-corrected chi connectivity index (χ4v) is 7.66. The van der Waals surface area contributed by atoms with Crippen LogP contribution in [0.25, 0.3) is 0 Å². The third-order valence-electron chi connectivity index (χ3n) is 8.37. The predicted octanol–water partition coefficient (Wildman–Crippen LogP) is 3.25. The van der Waals surface area contributed by atoms with Gasteiger partial charge in [-0.1, -0.05) is 19.8 Å². The van der Waals surface area contributed by atoms with Crippen LogP contribution in [0.15, 0.2) is 27.7 Å². The highest BCUT2D eigenvalue weighted by Gasteiger charge is 2.39. The largest absolute Gasteiger partial charge is 0.443 e. The molecule has 0 saturated heterocycles. The van der Waals surface area contributed by atoms with E-state index in [1.807, 2.05) is 0 Å². The molecule has 4 rings (SSSR count). The lowest BCUT2D eigenvalue weighted by atomic mass is 9.65. The second kappa shape index (κ2) is 14.9. The highest BCUT2D eigenvalue weighted by molar-refractivity contribution is 9.10. The topological polar surface area (TPSA) is 168 Å². The summed E-state index contributed by atoms with van der Waals surface area (Å²) in [6, 6.07) is 1.18. The molecule has 4 amide bonds. The number of fused-ring (bicyclic) bond motifs is 2. The Morgan fingerprint density at radius 2 is 1.91 bits per heavy atom. The van der Waals surface area contributed by atoms with Crippen LogP contribution in [0, 0.1) is 17.8 Å². The summed E-state index contributed by atoms with van der Waals surface area (Å²) in [5.74, 6) is -2.89. The van der Waals surface area contributed by atoms with Crippen LogP contribution in [0.5, 0.6) is 0 Å². The summed E-state index contributed by atoms with van der Waals surface area (Å²) in [5, 5.41) is 8.59. The number of ketones is 1. The van der Waals surface area contributed by atoms with E-state index in [9.17, 15) is 41.9 Å². The van der Waals surface area contributed by atoms with Gasteiger partial charge in [0.1, 0.15) is 27.8 Å². The van der Waals surface area contributed by atoms with Gasteiger partial charge in [0.2, 0.25) is 17.6 Å². The number of nitrogens with zero attached hydrogens (tertiary/aromatic N) is 2. The number of aromatic nitrogens is 2. The van der Waals surface area contributed by atoms with Crippen molar-refractivity contribution in [3.8, 4) is 0 Å². The van der Waals surface area contributed by atoms with E-state index in [4.69, 9.17) is 0 Å². The molecule has 2 fully saturated rings. The lowest BCUT2D eigenvalue weighted by molar-refractivity contribution is -0.137. The van der Waals surface area contributed by atoms with E-state index in [1.165, 1.54) is 31.8 Å². The quantitative estimate of drug-likeness (QED) is 0.258. The molecule has 2 aliphatic carbocycles. The number of thiazole rings is 1. The molecule has 250 valence electrons. The summed E-state index contributed by atoms with van der Waals surface area (Å²) in [7, 11) is 1.23. The molecule has 0 radical (unpaired) electrons. The Kier molecular flexibility index (Phi) is 11.4. The molecule has 0 aromatic carbocycles. The normalized spacial score (nSPS) is 21.5. The third-order valence-corrected chi connectivity index (χ3v) is 10.3. The molecule has 46 heavy (non-hydrogen) atoms. The Balaban J connectivity index is 1.47. The van der Waals surface area contributed by atoms with Crippen molar-refractivity contribution in [3.05, 3.63) is 43.2 Å². The smallest absolute Gasteiger partial charge is 0.353 e. The fraction of sp³-hybridized carbons (Fsp3) is 0.552. The van der Waals surface area contributed by atoms with Crippen LogP contribution >= 0.6 is 27.3 Å². The summed E-state index contributed by atoms with van der Waals surface area (Å²) in [5.41, 5.74) is -0.955. The monoisotopic (exact) mass is 730 g/mol. The highest BCUT2D eigenvalue weighted by Crippen LogP contribution is 2.42. The Morgan fingerprint density at radius 1 is 1.17 bits per heavy atom. The van der Waals surface area contributed by atoms with Crippen LogP contribution in [0.4, 0.5) is 18.9 Å². The maximum atomic E-state index is 13.3. The first-order valence-electron chi connectivity index (χ1n) is 14.8. The van der Waals surface area contributed by atoms with Crippen molar-refractivity contribution in [3.63, 3.8) is 0 Å². The molecular weight excluding hydrogens is 697 g/mol. The summed E-state index contributed by atoms with van der Waals surface area (Å²) < 4.78 is 40.1. The summed E-state index contributed by atoms with van der Waals surface area (Å²) in [6.07, 6.45) is 1.15. The van der Waals surface area contributed by atoms with Gasteiger partial charge in [0.05, 0.1) is 0 Å². The van der Waals surface area contributed by atoms with Crippen LogP contribution < -0.4 is 26.8 Å². The maximum Gasteiger partial charge on any atom is 0.443 e. The second-order valence-electron chi connectivity index (χ2n) is 11.6. The zero-order chi connectivity index (χ0) is 33.8. The Hall–Kier alpha value is -3.60. The number of Topliss-reactive ketones (excluding diaryl/α,β-unsaturated/α-hetero) is 1. The Labute approximate surface area is 274 Å². The fourth-order valence-electron chi connectivity index (χ4n) is 6.22. The van der Waals surface area contributed by atoms with Gasteiger partial charge in [-0.05, 0) is 71.5 Å². The van der Waals surface area contributed by atoms with Crippen LogP contribution in [0.1, 0.15) is 66.5 Å². The van der Waals surface area contributed by atoms with Gasteiger partial charge >= 0.3 is 6.18 Å². The number of anilines is 1. The van der Waals surface area contributed by atoms with Crippen LogP contribution in [0.2, 0.25) is 0 Å². The molecule has 2 saturated carbocycles. The van der Waals surface area contributed by atoms with Crippen LogP contribution in [-0.4, -0.2) is 58.1 Å². The standard InChI is InChI=1S/C29H34BrF3N6O6S/c1-14-11-15-5-3-6-16(12-15)21(14)37-20(41)13-39-10-4-7-18(27(39)45)36-24(42)17(8-9-19(40)25(43)34-2)35-26(44)22-23(30)38-28(46-22)29(31,32)33/h4,7,10,14-17,21H,3,5-6,8-9,11-13H2,1-2H3,(H,34,43)(H,35,44)(H,36,42)(H,37,41)/t14?,15?,16?,17-,21?/m0/s1. The number of carbonyl (C=O) groups is 5. The number of likely N-dealkylation sites (N-methyl/N-ethyl adjacent to an activating group) is 1. The number of pyridine rings is 1. The molecule has 2 aliphatic rings. The van der Waals surface area contributed by atoms with E-state index >= 15 is 0 Å². The van der Waals surface area contributed by atoms with Crippen molar-refractivity contribution in [1.82, 2.24) is 25.5 Å². The minimum Gasteiger partial charge on any atom is -0.353 e. The number of hydrogen-bond donors (Lipinski definition) is 4. The van der Waals surface area contributed by atoms with Crippen molar-refractivity contribution >= 4 is 62.4 Å². The van der Waals surface area contributed by atoms with Crippen molar-refractivity contribution < 1.29 is 37.1 Å². The van der Waals surface area contributed by atoms with Gasteiger partial charge in [0.15, 0.2) is 5.01 Å². The van der Waals surface area contributed by atoms with Gasteiger partial charge in [-0.25, -0.2) is 4.98 Å². The number of alkyl halides is 3. The minimum absolute atomic E-state index is 0.00954. The zero-order valence-electron chi connectivity index (χ0n) is 25.0. The van der Waals surface area contributed by atoms with Gasteiger partial charge in [-0.15, -0.1) is 11.3 Å². The lowest BCUT2D eigenvalue weighted by Gasteiger charge is -2.44. The van der Waals surface area contributed by atoms with Gasteiger partial charge in [-0.3, -0.25) is 28.8 Å². The SMILES string of the molecule is CNC(=O)C(=O)CC[C@H](NC(=O)c1sc(C(F)(F)F)nc1Br)C(=O)Nc1cccn(CC(=O)NC2C(C)CC3CCCC2C3)c1=O. The van der Waals surface area contributed by atoms with E-state index in [0.29, 0.717) is 17.8 Å². The molecule has 2 aromatic rings. The molecule has 2 heterocycles. The summed E-state index contributed by atoms with van der Waals surface area (Å²) in [4.78, 5) is 79.1. The first-order chi connectivity index (χ1) is 21.7. The van der Waals surface area contributed by atoms with Gasteiger partial charge in [0, 0.05) is 25.7 Å². The number of rotatable bonds is 11. The average Bonchev–Trinajstić information content (AvgIpc) is 3.41. The number of hydrogen-bond acceptors (Lipinski definition) is 8. The van der Waals surface area contributed by atoms with Gasteiger partial charge < -0.3 is 25.8 Å². The van der Waals surface area contributed by atoms with Gasteiger partial charge in [-0.2, -0.15) is 13.2 Å². The van der Waals surface area contributed by atoms with Crippen molar-refractivity contribution in [2.45, 2.75) is 76.7 Å². The lowest BCUT2D eigenvalue weighted by Crippen LogP contribution is -2.50. The first-order valence-corrected chi connectivity index (χ1v) is 16.4. The van der Waals surface area contributed by atoms with E-state index in [0.717, 1.165) is 30.3 Å². The number of carbonyl (C=O) groups excluding carboxylic acids is 5. The number of halogens is 4. The highest BCUT2D eigenvalue weighted by atomic mass is 79.9. The van der Waals surface area contributed by atoms with E-state index in [2.05, 4.69) is 49.1 Å². The molecule has 2 aromatic heterocycles. The van der Waals surface area contributed by atoms with Crippen LogP contribution in [0.3, 0.4) is 0 Å². The van der Waals surface area contributed by atoms with Crippen LogP contribution in [-0.2, 0) is 31.9 Å².